The van der Waals surface area contributed by atoms with Gasteiger partial charge in [0, 0.05) is 25.1 Å². The highest BCUT2D eigenvalue weighted by Gasteiger charge is 2.28. The summed E-state index contributed by atoms with van der Waals surface area (Å²) >= 11 is 6.87. The average Bonchev–Trinajstić information content (AvgIpc) is 3.14. The molecule has 2 rings (SSSR count). The normalized spacial score (nSPS) is 11.6. The lowest BCUT2D eigenvalue weighted by atomic mass is 10.3. The van der Waals surface area contributed by atoms with Crippen molar-refractivity contribution in [3.63, 3.8) is 0 Å². The van der Waals surface area contributed by atoms with E-state index in [4.69, 9.17) is 21.1 Å². The Balaban J connectivity index is 2.35. The maximum Gasteiger partial charge on any atom is 0.357 e. The van der Waals surface area contributed by atoms with Gasteiger partial charge < -0.3 is 9.47 Å². The van der Waals surface area contributed by atoms with Crippen LogP contribution in [0.5, 0.6) is 0 Å². The summed E-state index contributed by atoms with van der Waals surface area (Å²) in [6.07, 6.45) is 0. The Morgan fingerprint density at radius 2 is 2.14 bits per heavy atom. The maximum absolute atomic E-state index is 13.1. The van der Waals surface area contributed by atoms with Crippen LogP contribution in [0, 0.1) is 10.1 Å². The molecule has 158 valence electrons. The van der Waals surface area contributed by atoms with Gasteiger partial charge in [-0.1, -0.05) is 11.6 Å². The van der Waals surface area contributed by atoms with E-state index in [2.05, 4.69) is 4.98 Å². The predicted octanol–water partition coefficient (Wildman–Crippen LogP) is 2.72. The highest BCUT2D eigenvalue weighted by atomic mass is 35.5. The van der Waals surface area contributed by atoms with E-state index in [1.165, 1.54) is 18.6 Å². The van der Waals surface area contributed by atoms with Gasteiger partial charge in [0.1, 0.15) is 10.0 Å². The summed E-state index contributed by atoms with van der Waals surface area (Å²) in [6, 6.07) is 3.25. The number of nitro groups is 1. The largest absolute Gasteiger partial charge is 0.461 e. The van der Waals surface area contributed by atoms with Crippen molar-refractivity contribution in [1.82, 2.24) is 9.29 Å². The Kier molecular flexibility index (Phi) is 8.05. The van der Waals surface area contributed by atoms with Gasteiger partial charge in [-0.3, -0.25) is 10.1 Å². The summed E-state index contributed by atoms with van der Waals surface area (Å²) in [6.45, 7) is 1.77. The molecule has 0 bridgehead atoms. The van der Waals surface area contributed by atoms with E-state index in [0.717, 1.165) is 27.8 Å². The van der Waals surface area contributed by atoms with Crippen molar-refractivity contribution in [2.24, 2.45) is 0 Å². The average molecular weight is 464 g/mol. The molecule has 0 N–H and O–H groups in total. The molecule has 2 aromatic rings. The van der Waals surface area contributed by atoms with Gasteiger partial charge >= 0.3 is 5.97 Å². The van der Waals surface area contributed by atoms with Crippen molar-refractivity contribution in [3.05, 3.63) is 49.4 Å². The quantitative estimate of drug-likeness (QED) is 0.298. The molecule has 1 aromatic heterocycles. The van der Waals surface area contributed by atoms with Crippen molar-refractivity contribution < 1.29 is 27.6 Å². The van der Waals surface area contributed by atoms with Gasteiger partial charge in [-0.15, -0.1) is 11.3 Å². The number of sulfonamides is 1. The van der Waals surface area contributed by atoms with Crippen LogP contribution in [0.25, 0.3) is 0 Å². The monoisotopic (exact) mass is 463 g/mol. The molecule has 29 heavy (non-hydrogen) atoms. The van der Waals surface area contributed by atoms with Crippen LogP contribution in [0.2, 0.25) is 5.02 Å². The van der Waals surface area contributed by atoms with Gasteiger partial charge in [0.25, 0.3) is 5.69 Å². The van der Waals surface area contributed by atoms with E-state index in [1.54, 1.807) is 6.92 Å². The van der Waals surface area contributed by atoms with Gasteiger partial charge in [-0.25, -0.2) is 18.2 Å². The lowest BCUT2D eigenvalue weighted by Gasteiger charge is -2.21. The minimum Gasteiger partial charge on any atom is -0.461 e. The highest BCUT2D eigenvalue weighted by molar-refractivity contribution is 7.89. The molecule has 0 aliphatic carbocycles. The fourth-order valence-corrected chi connectivity index (χ4v) is 4.70. The van der Waals surface area contributed by atoms with Crippen LogP contribution in [0.3, 0.4) is 0 Å². The Bertz CT molecular complexity index is 994. The molecular weight excluding hydrogens is 446 g/mol. The Morgan fingerprint density at radius 3 is 2.76 bits per heavy atom. The van der Waals surface area contributed by atoms with Gasteiger partial charge in [-0.05, 0) is 19.1 Å². The molecule has 0 atom stereocenters. The highest BCUT2D eigenvalue weighted by Crippen LogP contribution is 2.29. The summed E-state index contributed by atoms with van der Waals surface area (Å²) in [5, 5.41) is 12.8. The van der Waals surface area contributed by atoms with E-state index in [-0.39, 0.29) is 41.9 Å². The second-order valence-electron chi connectivity index (χ2n) is 5.55. The molecule has 0 spiro atoms. The molecule has 0 radical (unpaired) electrons. The number of hydrogen-bond acceptors (Lipinski definition) is 9. The number of carbonyl (C=O) groups is 1. The van der Waals surface area contributed by atoms with Crippen molar-refractivity contribution in [1.29, 1.82) is 0 Å². The van der Waals surface area contributed by atoms with Crippen LogP contribution in [0.1, 0.15) is 22.4 Å². The number of esters is 1. The number of nitro benzene ring substituents is 1. The van der Waals surface area contributed by atoms with Crippen LogP contribution in [-0.2, 0) is 26.0 Å². The number of ether oxygens (including phenoxy) is 2. The summed E-state index contributed by atoms with van der Waals surface area (Å²) in [4.78, 5) is 25.9. The zero-order chi connectivity index (χ0) is 21.6. The summed E-state index contributed by atoms with van der Waals surface area (Å²) in [7, 11) is -2.71. The summed E-state index contributed by atoms with van der Waals surface area (Å²) in [5.74, 6) is -0.602. The fourth-order valence-electron chi connectivity index (χ4n) is 2.25. The SMILES string of the molecule is CCOC(=O)c1csc(CN(CCOC)S(=O)(=O)c2ccc(Cl)c([N+](=O)[O-])c2)n1. The van der Waals surface area contributed by atoms with Crippen LogP contribution < -0.4 is 0 Å². The molecule has 1 aromatic carbocycles. The zero-order valence-electron chi connectivity index (χ0n) is 15.5. The molecule has 0 unspecified atom stereocenters. The lowest BCUT2D eigenvalue weighted by molar-refractivity contribution is -0.384. The van der Waals surface area contributed by atoms with Crippen molar-refractivity contribution in [2.45, 2.75) is 18.4 Å². The first kappa shape index (κ1) is 23.2. The number of thiazole rings is 1. The van der Waals surface area contributed by atoms with E-state index >= 15 is 0 Å². The van der Waals surface area contributed by atoms with Gasteiger partial charge in [-0.2, -0.15) is 4.31 Å². The van der Waals surface area contributed by atoms with E-state index in [0.29, 0.717) is 5.01 Å². The topological polar surface area (TPSA) is 129 Å². The molecule has 0 saturated carbocycles. The van der Waals surface area contributed by atoms with Crippen LogP contribution in [-0.4, -0.2) is 55.5 Å². The summed E-state index contributed by atoms with van der Waals surface area (Å²) in [5.41, 5.74) is -0.434. The molecule has 0 fully saturated rings. The number of rotatable bonds is 10. The molecule has 0 aliphatic heterocycles. The first-order chi connectivity index (χ1) is 13.7. The summed E-state index contributed by atoms with van der Waals surface area (Å²) < 4.78 is 37.0. The third-order valence-corrected chi connectivity index (χ3v) is 6.64. The zero-order valence-corrected chi connectivity index (χ0v) is 17.9. The van der Waals surface area contributed by atoms with E-state index in [9.17, 15) is 23.3 Å². The van der Waals surface area contributed by atoms with Crippen LogP contribution in [0.4, 0.5) is 5.69 Å². The standard InChI is InChI=1S/C16H18ClN3O7S2/c1-3-27-16(21)13-10-28-15(18-13)9-19(6-7-26-2)29(24,25)11-4-5-12(17)14(8-11)20(22)23/h4-5,8,10H,3,6-7,9H2,1-2H3. The van der Waals surface area contributed by atoms with Crippen molar-refractivity contribution in [2.75, 3.05) is 26.9 Å². The molecule has 13 heteroatoms. The smallest absolute Gasteiger partial charge is 0.357 e. The Morgan fingerprint density at radius 1 is 1.41 bits per heavy atom. The van der Waals surface area contributed by atoms with Gasteiger partial charge in [0.05, 0.1) is 29.6 Å². The van der Waals surface area contributed by atoms with E-state index < -0.39 is 26.6 Å². The number of carbonyl (C=O) groups excluding carboxylic acids is 1. The van der Waals surface area contributed by atoms with Gasteiger partial charge in [0.2, 0.25) is 10.0 Å². The molecule has 0 saturated heterocycles. The first-order valence-electron chi connectivity index (χ1n) is 8.25. The minimum atomic E-state index is -4.12. The van der Waals surface area contributed by atoms with Crippen molar-refractivity contribution >= 4 is 44.6 Å². The fraction of sp³-hybridized carbons (Fsp3) is 0.375. The Hall–Kier alpha value is -2.12. The predicted molar refractivity (Wildman–Crippen MR) is 106 cm³/mol. The number of nitrogens with zero attached hydrogens (tertiary/aromatic N) is 3. The second kappa shape index (κ2) is 10.1. The molecule has 10 nitrogen and oxygen atoms in total. The lowest BCUT2D eigenvalue weighted by Crippen LogP contribution is -2.33. The number of aromatic nitrogens is 1. The van der Waals surface area contributed by atoms with Crippen LogP contribution >= 0.6 is 22.9 Å². The van der Waals surface area contributed by atoms with Gasteiger partial charge in [0.15, 0.2) is 5.69 Å². The number of methoxy groups -OCH3 is 1. The molecule has 0 amide bonds. The molecule has 0 aliphatic rings. The maximum atomic E-state index is 13.1. The number of halogens is 1. The second-order valence-corrected chi connectivity index (χ2v) is 8.84. The number of benzene rings is 1. The first-order valence-corrected chi connectivity index (χ1v) is 10.9. The number of hydrogen-bond donors (Lipinski definition) is 0. The third-order valence-electron chi connectivity index (χ3n) is 3.64. The minimum absolute atomic E-state index is 0.0242. The van der Waals surface area contributed by atoms with E-state index in [1.807, 2.05) is 0 Å². The van der Waals surface area contributed by atoms with Crippen molar-refractivity contribution in [3.8, 4) is 0 Å². The Labute approximate surface area is 176 Å². The molecular formula is C16H18ClN3O7S2. The molecule has 1 heterocycles. The van der Waals surface area contributed by atoms with Crippen LogP contribution in [0.15, 0.2) is 28.5 Å². The third kappa shape index (κ3) is 5.70.